The molecular weight excluding hydrogens is 540 g/mol. The number of fused-ring (bicyclic) bond motifs is 1. The van der Waals surface area contributed by atoms with Gasteiger partial charge in [-0.3, -0.25) is 0 Å². The van der Waals surface area contributed by atoms with Crippen molar-refractivity contribution in [3.63, 3.8) is 0 Å². The first-order chi connectivity index (χ1) is 21.0. The Kier molecular flexibility index (Phi) is 16.5. The van der Waals surface area contributed by atoms with E-state index in [-0.39, 0.29) is 0 Å². The molecule has 0 atom stereocenters. The first-order valence-corrected chi connectivity index (χ1v) is 15.0. The first-order valence-electron chi connectivity index (χ1n) is 15.0. The van der Waals surface area contributed by atoms with Crippen molar-refractivity contribution in [1.82, 2.24) is 4.90 Å². The molecule has 0 amide bonds. The van der Waals surface area contributed by atoms with E-state index >= 15 is 0 Å². The average molecular weight is 591 g/mol. The first kappa shape index (κ1) is 35.3. The van der Waals surface area contributed by atoms with Crippen LogP contribution < -0.4 is 19.1 Å². The number of likely N-dealkylation sites (N-methyl/N-ethyl adjacent to an activating group) is 1. The van der Waals surface area contributed by atoms with E-state index < -0.39 is 0 Å². The van der Waals surface area contributed by atoms with Crippen molar-refractivity contribution in [2.24, 2.45) is 0 Å². The van der Waals surface area contributed by atoms with E-state index in [1.807, 2.05) is 36.4 Å². The van der Waals surface area contributed by atoms with Crippen LogP contribution in [0.15, 0.2) is 60.7 Å². The van der Waals surface area contributed by atoms with Crippen LogP contribution in [0.5, 0.6) is 23.0 Å². The molecule has 0 fully saturated rings. The van der Waals surface area contributed by atoms with Gasteiger partial charge in [0.05, 0.1) is 14.2 Å². The third kappa shape index (κ3) is 12.1. The third-order valence-electron chi connectivity index (χ3n) is 7.37. The predicted octanol–water partition coefficient (Wildman–Crippen LogP) is 6.60. The molecule has 0 heterocycles. The van der Waals surface area contributed by atoms with Crippen LogP contribution in [-0.4, -0.2) is 71.2 Å². The lowest BCUT2D eigenvalue weighted by Gasteiger charge is -2.24. The average Bonchev–Trinajstić information content (AvgIpc) is 3.05. The molecule has 0 bridgehead atoms. The van der Waals surface area contributed by atoms with E-state index in [9.17, 15) is 5.11 Å². The Morgan fingerprint density at radius 2 is 1.49 bits per heavy atom. The molecule has 7 heteroatoms. The number of phenolic OH excluding ortho intramolecular Hbond substituents is 1. The highest BCUT2D eigenvalue weighted by Gasteiger charge is 2.11. The van der Waals surface area contributed by atoms with E-state index in [2.05, 4.69) is 54.8 Å². The van der Waals surface area contributed by atoms with Crippen molar-refractivity contribution in [2.45, 2.75) is 45.6 Å². The SMILES string of the molecule is C#C.CCN(Cc1ccc(OCCN(C)CCCOC)cc1)c1ccc(OC)c(OC)c1.Oc1ccc2c(c1)CCCC2. The van der Waals surface area contributed by atoms with Crippen LogP contribution in [0.25, 0.3) is 0 Å². The zero-order valence-electron chi connectivity index (χ0n) is 26.7. The highest BCUT2D eigenvalue weighted by atomic mass is 16.5. The van der Waals surface area contributed by atoms with Gasteiger partial charge in [-0.15, -0.1) is 12.8 Å². The molecule has 0 radical (unpaired) electrons. The summed E-state index contributed by atoms with van der Waals surface area (Å²) < 4.78 is 21.8. The maximum absolute atomic E-state index is 9.19. The van der Waals surface area contributed by atoms with Gasteiger partial charge in [0.2, 0.25) is 0 Å². The zero-order chi connectivity index (χ0) is 31.5. The summed E-state index contributed by atoms with van der Waals surface area (Å²) in [7, 11) is 7.15. The molecule has 1 aliphatic carbocycles. The molecule has 3 aromatic carbocycles. The minimum atomic E-state index is 0.408. The second-order valence-corrected chi connectivity index (χ2v) is 10.4. The van der Waals surface area contributed by atoms with E-state index in [1.165, 1.54) is 36.0 Å². The van der Waals surface area contributed by atoms with Crippen LogP contribution >= 0.6 is 0 Å². The van der Waals surface area contributed by atoms with E-state index in [0.717, 1.165) is 68.6 Å². The molecule has 0 saturated carbocycles. The normalized spacial score (nSPS) is 11.7. The number of terminal acetylenes is 1. The Hall–Kier alpha value is -3.86. The Labute approximate surface area is 259 Å². The molecule has 1 N–H and O–H groups in total. The van der Waals surface area contributed by atoms with Gasteiger partial charge in [-0.2, -0.15) is 0 Å². The summed E-state index contributed by atoms with van der Waals surface area (Å²) in [6.45, 7) is 7.24. The Morgan fingerprint density at radius 1 is 0.791 bits per heavy atom. The lowest BCUT2D eigenvalue weighted by atomic mass is 9.92. The summed E-state index contributed by atoms with van der Waals surface area (Å²) in [6, 6.07) is 20.1. The van der Waals surface area contributed by atoms with Crippen LogP contribution in [0.4, 0.5) is 5.69 Å². The molecule has 0 aromatic heterocycles. The maximum atomic E-state index is 9.19. The van der Waals surface area contributed by atoms with Gasteiger partial charge in [0.15, 0.2) is 11.5 Å². The molecular formula is C36H50N2O5. The number of phenols is 1. The Morgan fingerprint density at radius 3 is 2.14 bits per heavy atom. The van der Waals surface area contributed by atoms with Crippen molar-refractivity contribution < 1.29 is 24.1 Å². The summed E-state index contributed by atoms with van der Waals surface area (Å²) in [5.74, 6) is 2.79. The highest BCUT2D eigenvalue weighted by molar-refractivity contribution is 5.56. The topological polar surface area (TPSA) is 63.6 Å². The smallest absolute Gasteiger partial charge is 0.162 e. The van der Waals surface area contributed by atoms with Gasteiger partial charge in [-0.25, -0.2) is 0 Å². The number of aryl methyl sites for hydroxylation is 2. The van der Waals surface area contributed by atoms with Crippen LogP contribution in [0.2, 0.25) is 0 Å². The number of benzene rings is 3. The number of nitrogens with zero attached hydrogens (tertiary/aromatic N) is 2. The summed E-state index contributed by atoms with van der Waals surface area (Å²) in [5.41, 5.74) is 5.10. The second-order valence-electron chi connectivity index (χ2n) is 10.4. The van der Waals surface area contributed by atoms with Crippen molar-refractivity contribution >= 4 is 5.69 Å². The fraction of sp³-hybridized carbons (Fsp3) is 0.444. The van der Waals surface area contributed by atoms with Gasteiger partial charge in [0.25, 0.3) is 0 Å². The number of ether oxygens (including phenoxy) is 4. The molecule has 234 valence electrons. The van der Waals surface area contributed by atoms with E-state index in [4.69, 9.17) is 18.9 Å². The summed E-state index contributed by atoms with van der Waals surface area (Å²) in [5, 5.41) is 9.19. The van der Waals surface area contributed by atoms with E-state index in [1.54, 1.807) is 27.4 Å². The molecule has 7 nitrogen and oxygen atoms in total. The third-order valence-corrected chi connectivity index (χ3v) is 7.37. The van der Waals surface area contributed by atoms with Crippen LogP contribution in [0.1, 0.15) is 42.9 Å². The quantitative estimate of drug-likeness (QED) is 0.168. The van der Waals surface area contributed by atoms with Gasteiger partial charge < -0.3 is 33.9 Å². The Balaban J connectivity index is 0.000000408. The summed E-state index contributed by atoms with van der Waals surface area (Å²) in [6.07, 6.45) is 13.9. The largest absolute Gasteiger partial charge is 0.508 e. The number of methoxy groups -OCH3 is 3. The van der Waals surface area contributed by atoms with Crippen molar-refractivity contribution in [2.75, 3.05) is 66.1 Å². The molecule has 0 saturated heterocycles. The van der Waals surface area contributed by atoms with Gasteiger partial charge in [0, 0.05) is 51.6 Å². The fourth-order valence-electron chi connectivity index (χ4n) is 4.95. The number of anilines is 1. The number of rotatable bonds is 14. The van der Waals surface area contributed by atoms with Crippen molar-refractivity contribution in [1.29, 1.82) is 0 Å². The van der Waals surface area contributed by atoms with Gasteiger partial charge in [-0.05, 0) is 99.2 Å². The molecule has 4 rings (SSSR count). The van der Waals surface area contributed by atoms with E-state index in [0.29, 0.717) is 12.4 Å². The van der Waals surface area contributed by atoms with Gasteiger partial charge in [-0.1, -0.05) is 18.2 Å². The van der Waals surface area contributed by atoms with Crippen molar-refractivity contribution in [3.8, 4) is 35.8 Å². The van der Waals surface area contributed by atoms with Crippen LogP contribution in [0.3, 0.4) is 0 Å². The maximum Gasteiger partial charge on any atom is 0.162 e. The molecule has 0 aliphatic heterocycles. The second kappa shape index (κ2) is 20.1. The Bertz CT molecular complexity index is 1210. The van der Waals surface area contributed by atoms with Gasteiger partial charge in [0.1, 0.15) is 18.1 Å². The lowest BCUT2D eigenvalue weighted by molar-refractivity contribution is 0.172. The summed E-state index contributed by atoms with van der Waals surface area (Å²) >= 11 is 0. The van der Waals surface area contributed by atoms with Crippen LogP contribution in [0, 0.1) is 12.8 Å². The standard InChI is InChI=1S/C24H36N2O4.C10H12O.C2H2/c1-6-26(21-10-13-23(28-4)24(18-21)29-5)19-20-8-11-22(12-9-20)30-17-15-25(2)14-7-16-27-3;11-10-6-5-8-3-1-2-4-9(8)7-10;1-2/h8-13,18H,6-7,14-17,19H2,1-5H3;5-7,11H,1-4H2;1-2H. The van der Waals surface area contributed by atoms with Gasteiger partial charge >= 0.3 is 0 Å². The van der Waals surface area contributed by atoms with Crippen molar-refractivity contribution in [3.05, 3.63) is 77.4 Å². The lowest BCUT2D eigenvalue weighted by Crippen LogP contribution is -2.26. The van der Waals surface area contributed by atoms with Crippen LogP contribution in [-0.2, 0) is 24.1 Å². The minimum Gasteiger partial charge on any atom is -0.508 e. The fourth-order valence-corrected chi connectivity index (χ4v) is 4.95. The monoisotopic (exact) mass is 590 g/mol. The highest BCUT2D eigenvalue weighted by Crippen LogP contribution is 2.32. The number of hydrogen-bond acceptors (Lipinski definition) is 7. The number of aromatic hydroxyl groups is 1. The number of hydrogen-bond donors (Lipinski definition) is 1. The molecule has 43 heavy (non-hydrogen) atoms. The summed E-state index contributed by atoms with van der Waals surface area (Å²) in [4.78, 5) is 4.56. The molecule has 0 spiro atoms. The zero-order valence-corrected chi connectivity index (χ0v) is 26.7. The predicted molar refractivity (Wildman–Crippen MR) is 177 cm³/mol. The molecule has 0 unspecified atom stereocenters. The molecule has 3 aromatic rings. The minimum absolute atomic E-state index is 0.408. The molecule has 1 aliphatic rings.